The Balaban J connectivity index is 1.71. The van der Waals surface area contributed by atoms with Crippen LogP contribution < -0.4 is 10.1 Å². The number of nitrogens with one attached hydrogen (secondary N) is 1. The molecule has 3 heterocycles. The summed E-state index contributed by atoms with van der Waals surface area (Å²) in [6, 6.07) is 1.82. The molecular weight excluding hydrogens is 284 g/mol. The van der Waals surface area contributed by atoms with Gasteiger partial charge in [0.15, 0.2) is 11.6 Å². The summed E-state index contributed by atoms with van der Waals surface area (Å²) >= 11 is 0. The standard InChI is InChI=1S/C15H20N4O3/c1-10(20)18(2)12-3-5-19(9-12)15(21)11-7-13-14(17-8-11)16-4-6-22-13/h7-8,12H,3-6,9H2,1-2H3,(H,16,17)/t12-/m0/s1. The first kappa shape index (κ1) is 14.6. The fourth-order valence-corrected chi connectivity index (χ4v) is 2.82. The minimum absolute atomic E-state index is 0.0224. The maximum Gasteiger partial charge on any atom is 0.255 e. The Morgan fingerprint density at radius 1 is 1.50 bits per heavy atom. The molecule has 1 atom stereocenters. The molecule has 1 saturated heterocycles. The summed E-state index contributed by atoms with van der Waals surface area (Å²) in [5.41, 5.74) is 0.522. The van der Waals surface area contributed by atoms with Crippen molar-refractivity contribution in [1.29, 1.82) is 0 Å². The third kappa shape index (κ3) is 2.70. The van der Waals surface area contributed by atoms with E-state index in [-0.39, 0.29) is 17.9 Å². The van der Waals surface area contributed by atoms with Gasteiger partial charge in [0.2, 0.25) is 5.91 Å². The van der Waals surface area contributed by atoms with Crippen LogP contribution in [0.5, 0.6) is 5.75 Å². The Labute approximate surface area is 129 Å². The highest BCUT2D eigenvalue weighted by atomic mass is 16.5. The second kappa shape index (κ2) is 5.82. The molecule has 22 heavy (non-hydrogen) atoms. The third-order valence-electron chi connectivity index (χ3n) is 4.25. The van der Waals surface area contributed by atoms with E-state index in [4.69, 9.17) is 4.74 Å². The fourth-order valence-electron chi connectivity index (χ4n) is 2.82. The van der Waals surface area contributed by atoms with E-state index in [1.54, 1.807) is 36.0 Å². The predicted molar refractivity (Wildman–Crippen MR) is 81.0 cm³/mol. The number of anilines is 1. The van der Waals surface area contributed by atoms with E-state index >= 15 is 0 Å². The van der Waals surface area contributed by atoms with Gasteiger partial charge in [-0.05, 0) is 12.5 Å². The lowest BCUT2D eigenvalue weighted by Crippen LogP contribution is -2.39. The minimum Gasteiger partial charge on any atom is -0.488 e. The van der Waals surface area contributed by atoms with Gasteiger partial charge in [-0.2, -0.15) is 0 Å². The zero-order chi connectivity index (χ0) is 15.7. The summed E-state index contributed by atoms with van der Waals surface area (Å²) in [6.45, 7) is 4.05. The van der Waals surface area contributed by atoms with Gasteiger partial charge in [-0.1, -0.05) is 0 Å². The average Bonchev–Trinajstić information content (AvgIpc) is 3.02. The lowest BCUT2D eigenvalue weighted by molar-refractivity contribution is -0.129. The van der Waals surface area contributed by atoms with Gasteiger partial charge in [-0.15, -0.1) is 0 Å². The SMILES string of the molecule is CC(=O)N(C)[C@H]1CCN(C(=O)c2cnc3c(c2)OCCN3)C1. The van der Waals surface area contributed by atoms with E-state index in [0.29, 0.717) is 36.8 Å². The van der Waals surface area contributed by atoms with Crippen LogP contribution in [-0.4, -0.2) is 65.9 Å². The van der Waals surface area contributed by atoms with Crippen LogP contribution in [0.2, 0.25) is 0 Å². The molecule has 0 unspecified atom stereocenters. The normalized spacial score (nSPS) is 19.9. The summed E-state index contributed by atoms with van der Waals surface area (Å²) in [5.74, 6) is 1.25. The lowest BCUT2D eigenvalue weighted by atomic mass is 10.2. The highest BCUT2D eigenvalue weighted by molar-refractivity contribution is 5.95. The molecule has 0 radical (unpaired) electrons. The van der Waals surface area contributed by atoms with E-state index < -0.39 is 0 Å². The van der Waals surface area contributed by atoms with E-state index in [1.807, 2.05) is 0 Å². The molecule has 2 aliphatic rings. The number of carbonyl (C=O) groups is 2. The maximum atomic E-state index is 12.6. The number of aromatic nitrogens is 1. The van der Waals surface area contributed by atoms with Crippen molar-refractivity contribution < 1.29 is 14.3 Å². The molecule has 1 aromatic rings. The highest BCUT2D eigenvalue weighted by Gasteiger charge is 2.31. The molecule has 1 fully saturated rings. The monoisotopic (exact) mass is 304 g/mol. The van der Waals surface area contributed by atoms with E-state index in [9.17, 15) is 9.59 Å². The number of hydrogen-bond donors (Lipinski definition) is 1. The molecular formula is C15H20N4O3. The first-order valence-electron chi connectivity index (χ1n) is 7.45. The van der Waals surface area contributed by atoms with Crippen LogP contribution in [0.15, 0.2) is 12.3 Å². The number of likely N-dealkylation sites (N-methyl/N-ethyl adjacent to an activating group) is 1. The van der Waals surface area contributed by atoms with Crippen molar-refractivity contribution in [2.45, 2.75) is 19.4 Å². The molecule has 0 aromatic carbocycles. The Morgan fingerprint density at radius 3 is 3.09 bits per heavy atom. The topological polar surface area (TPSA) is 74.8 Å². The fraction of sp³-hybridized carbons (Fsp3) is 0.533. The van der Waals surface area contributed by atoms with Crippen LogP contribution >= 0.6 is 0 Å². The molecule has 1 N–H and O–H groups in total. The molecule has 0 bridgehead atoms. The van der Waals surface area contributed by atoms with Crippen molar-refractivity contribution in [3.63, 3.8) is 0 Å². The Hall–Kier alpha value is -2.31. The molecule has 0 spiro atoms. The molecule has 7 heteroatoms. The van der Waals surface area contributed by atoms with Gasteiger partial charge < -0.3 is 19.9 Å². The zero-order valence-corrected chi connectivity index (χ0v) is 12.8. The summed E-state index contributed by atoms with van der Waals surface area (Å²) in [7, 11) is 1.78. The zero-order valence-electron chi connectivity index (χ0n) is 12.8. The predicted octanol–water partition coefficient (Wildman–Crippen LogP) is 0.579. The van der Waals surface area contributed by atoms with Gasteiger partial charge in [0.25, 0.3) is 5.91 Å². The number of hydrogen-bond acceptors (Lipinski definition) is 5. The molecule has 3 rings (SSSR count). The highest BCUT2D eigenvalue weighted by Crippen LogP contribution is 2.26. The van der Waals surface area contributed by atoms with Crippen LogP contribution in [0.4, 0.5) is 5.82 Å². The number of ether oxygens (including phenoxy) is 1. The Bertz CT molecular complexity index is 604. The molecule has 118 valence electrons. The second-order valence-electron chi connectivity index (χ2n) is 5.67. The van der Waals surface area contributed by atoms with Crippen molar-refractivity contribution in [2.24, 2.45) is 0 Å². The molecule has 2 aliphatic heterocycles. The van der Waals surface area contributed by atoms with E-state index in [2.05, 4.69) is 10.3 Å². The van der Waals surface area contributed by atoms with E-state index in [0.717, 1.165) is 13.0 Å². The number of nitrogens with zero attached hydrogens (tertiary/aromatic N) is 3. The van der Waals surface area contributed by atoms with Gasteiger partial charge >= 0.3 is 0 Å². The van der Waals surface area contributed by atoms with Gasteiger partial charge in [0, 0.05) is 33.3 Å². The molecule has 1 aromatic heterocycles. The number of carbonyl (C=O) groups excluding carboxylic acids is 2. The summed E-state index contributed by atoms with van der Waals surface area (Å²) in [6.07, 6.45) is 2.38. The quantitative estimate of drug-likeness (QED) is 0.865. The number of pyridine rings is 1. The van der Waals surface area contributed by atoms with E-state index in [1.165, 1.54) is 0 Å². The lowest BCUT2D eigenvalue weighted by Gasteiger charge is -2.24. The molecule has 0 saturated carbocycles. The Morgan fingerprint density at radius 2 is 2.32 bits per heavy atom. The van der Waals surface area contributed by atoms with Crippen molar-refractivity contribution in [2.75, 3.05) is 38.6 Å². The van der Waals surface area contributed by atoms with Crippen LogP contribution in [0.25, 0.3) is 0 Å². The van der Waals surface area contributed by atoms with Crippen LogP contribution in [0.1, 0.15) is 23.7 Å². The summed E-state index contributed by atoms with van der Waals surface area (Å²) in [5, 5.41) is 3.13. The largest absolute Gasteiger partial charge is 0.488 e. The Kier molecular flexibility index (Phi) is 3.87. The minimum atomic E-state index is -0.0658. The molecule has 0 aliphatic carbocycles. The van der Waals surface area contributed by atoms with Crippen molar-refractivity contribution in [1.82, 2.24) is 14.8 Å². The number of fused-ring (bicyclic) bond motifs is 1. The average molecular weight is 304 g/mol. The smallest absolute Gasteiger partial charge is 0.255 e. The van der Waals surface area contributed by atoms with Crippen LogP contribution in [0, 0.1) is 0 Å². The number of amides is 2. The molecule has 7 nitrogen and oxygen atoms in total. The molecule has 2 amide bonds. The number of likely N-dealkylation sites (tertiary alicyclic amines) is 1. The maximum absolute atomic E-state index is 12.6. The van der Waals surface area contributed by atoms with Crippen molar-refractivity contribution >= 4 is 17.6 Å². The van der Waals surface area contributed by atoms with Gasteiger partial charge in [-0.3, -0.25) is 9.59 Å². The summed E-state index contributed by atoms with van der Waals surface area (Å²) in [4.78, 5) is 31.7. The third-order valence-corrected chi connectivity index (χ3v) is 4.25. The number of rotatable bonds is 2. The van der Waals surface area contributed by atoms with Crippen LogP contribution in [0.3, 0.4) is 0 Å². The first-order chi connectivity index (χ1) is 10.6. The van der Waals surface area contributed by atoms with Gasteiger partial charge in [-0.25, -0.2) is 4.98 Å². The van der Waals surface area contributed by atoms with Crippen LogP contribution in [-0.2, 0) is 4.79 Å². The van der Waals surface area contributed by atoms with Gasteiger partial charge in [0.1, 0.15) is 6.61 Å². The summed E-state index contributed by atoms with van der Waals surface area (Å²) < 4.78 is 5.52. The second-order valence-corrected chi connectivity index (χ2v) is 5.67. The van der Waals surface area contributed by atoms with Crippen molar-refractivity contribution in [3.8, 4) is 5.75 Å². The first-order valence-corrected chi connectivity index (χ1v) is 7.45. The van der Waals surface area contributed by atoms with Gasteiger partial charge in [0.05, 0.1) is 18.2 Å². The van der Waals surface area contributed by atoms with Crippen molar-refractivity contribution in [3.05, 3.63) is 17.8 Å².